The molecular formula is C6H10N2O. The lowest BCUT2D eigenvalue weighted by atomic mass is 10.1. The van der Waals surface area contributed by atoms with E-state index < -0.39 is 5.54 Å². The standard InChI is InChI=1S/C6H10N2O/c1-6(2,3)8(9)5-4-7/h5H,1-3H3/b8-5+. The summed E-state index contributed by atoms with van der Waals surface area (Å²) in [6.45, 7) is 5.23. The molecule has 0 aliphatic carbocycles. The van der Waals surface area contributed by atoms with Gasteiger partial charge in [-0.15, -0.1) is 0 Å². The molecule has 0 spiro atoms. The topological polar surface area (TPSA) is 49.9 Å². The quantitative estimate of drug-likeness (QED) is 0.209. The second-order valence-corrected chi connectivity index (χ2v) is 2.75. The Morgan fingerprint density at radius 1 is 1.56 bits per heavy atom. The molecule has 0 aliphatic rings. The van der Waals surface area contributed by atoms with E-state index in [1.54, 1.807) is 26.8 Å². The van der Waals surface area contributed by atoms with E-state index >= 15 is 0 Å². The summed E-state index contributed by atoms with van der Waals surface area (Å²) in [6, 6.07) is 1.66. The van der Waals surface area contributed by atoms with Crippen molar-refractivity contribution in [3.05, 3.63) is 5.21 Å². The van der Waals surface area contributed by atoms with Gasteiger partial charge in [0.1, 0.15) is 0 Å². The van der Waals surface area contributed by atoms with Crippen LogP contribution in [0.15, 0.2) is 0 Å². The minimum atomic E-state index is -0.490. The van der Waals surface area contributed by atoms with Crippen molar-refractivity contribution < 1.29 is 4.74 Å². The molecule has 0 rings (SSSR count). The van der Waals surface area contributed by atoms with Crippen LogP contribution in [0.3, 0.4) is 0 Å². The highest BCUT2D eigenvalue weighted by Crippen LogP contribution is 2.03. The number of rotatable bonds is 0. The van der Waals surface area contributed by atoms with Crippen LogP contribution in [0, 0.1) is 16.5 Å². The Balaban J connectivity index is 4.25. The Hall–Kier alpha value is -1.04. The number of nitrogens with zero attached hydrogens (tertiary/aromatic N) is 2. The highest BCUT2D eigenvalue weighted by atomic mass is 16.5. The summed E-state index contributed by atoms with van der Waals surface area (Å²) < 4.78 is 0.632. The van der Waals surface area contributed by atoms with E-state index in [0.29, 0.717) is 4.74 Å². The van der Waals surface area contributed by atoms with Crippen LogP contribution in [0.5, 0.6) is 0 Å². The second kappa shape index (κ2) is 2.49. The van der Waals surface area contributed by atoms with E-state index in [1.165, 1.54) is 0 Å². The summed E-state index contributed by atoms with van der Waals surface area (Å²) in [5.41, 5.74) is -0.490. The Morgan fingerprint density at radius 3 is 2.11 bits per heavy atom. The lowest BCUT2D eigenvalue weighted by Crippen LogP contribution is -2.28. The molecule has 0 aromatic heterocycles. The van der Waals surface area contributed by atoms with Crippen molar-refractivity contribution in [1.82, 2.24) is 0 Å². The number of hydrogen-bond donors (Lipinski definition) is 0. The summed E-state index contributed by atoms with van der Waals surface area (Å²) in [5.74, 6) is 0. The molecule has 0 amide bonds. The molecule has 0 fully saturated rings. The lowest BCUT2D eigenvalue weighted by molar-refractivity contribution is -0.530. The van der Waals surface area contributed by atoms with Crippen LogP contribution in [0.4, 0.5) is 0 Å². The molecule has 0 saturated carbocycles. The molecule has 0 unspecified atom stereocenters. The van der Waals surface area contributed by atoms with Crippen LogP contribution in [0.1, 0.15) is 20.8 Å². The van der Waals surface area contributed by atoms with Gasteiger partial charge in [0.15, 0.2) is 11.6 Å². The fourth-order valence-electron chi connectivity index (χ4n) is 0.246. The van der Waals surface area contributed by atoms with Gasteiger partial charge < -0.3 is 5.21 Å². The minimum Gasteiger partial charge on any atom is -0.623 e. The highest BCUT2D eigenvalue weighted by Gasteiger charge is 2.17. The molecule has 0 aromatic carbocycles. The predicted molar refractivity (Wildman–Crippen MR) is 35.1 cm³/mol. The van der Waals surface area contributed by atoms with Crippen molar-refractivity contribution in [3.63, 3.8) is 0 Å². The van der Waals surface area contributed by atoms with Crippen molar-refractivity contribution in [2.75, 3.05) is 0 Å². The van der Waals surface area contributed by atoms with E-state index in [-0.39, 0.29) is 0 Å². The van der Waals surface area contributed by atoms with E-state index in [0.717, 1.165) is 6.21 Å². The molecule has 0 saturated heterocycles. The maximum Gasteiger partial charge on any atom is 0.253 e. The van der Waals surface area contributed by atoms with Crippen molar-refractivity contribution in [2.45, 2.75) is 26.3 Å². The second-order valence-electron chi connectivity index (χ2n) is 2.75. The van der Waals surface area contributed by atoms with Gasteiger partial charge in [0.05, 0.1) is 0 Å². The zero-order valence-electron chi connectivity index (χ0n) is 5.88. The maximum absolute atomic E-state index is 10.7. The lowest BCUT2D eigenvalue weighted by Gasteiger charge is -2.16. The molecule has 50 valence electrons. The molecule has 9 heavy (non-hydrogen) atoms. The summed E-state index contributed by atoms with van der Waals surface area (Å²) in [5, 5.41) is 18.8. The van der Waals surface area contributed by atoms with Crippen LogP contribution in [0.2, 0.25) is 0 Å². The third-order valence-corrected chi connectivity index (χ3v) is 0.836. The smallest absolute Gasteiger partial charge is 0.253 e. The molecule has 3 nitrogen and oxygen atoms in total. The Labute approximate surface area is 54.8 Å². The SMILES string of the molecule is CC(C)(C)/[N+]([O-])=C\C#N. The fraction of sp³-hybridized carbons (Fsp3) is 0.667. The molecule has 0 aliphatic heterocycles. The third-order valence-electron chi connectivity index (χ3n) is 0.836. The fourth-order valence-corrected chi connectivity index (χ4v) is 0.246. The van der Waals surface area contributed by atoms with E-state index in [1.807, 2.05) is 0 Å². The molecule has 0 atom stereocenters. The molecule has 0 aromatic rings. The van der Waals surface area contributed by atoms with Gasteiger partial charge in [-0.2, -0.15) is 10.0 Å². The zero-order valence-corrected chi connectivity index (χ0v) is 5.88. The van der Waals surface area contributed by atoms with E-state index in [4.69, 9.17) is 5.26 Å². The Kier molecular flexibility index (Phi) is 2.20. The summed E-state index contributed by atoms with van der Waals surface area (Å²) >= 11 is 0. The van der Waals surface area contributed by atoms with Crippen LogP contribution in [-0.2, 0) is 0 Å². The van der Waals surface area contributed by atoms with Crippen molar-refractivity contribution in [3.8, 4) is 6.07 Å². The average Bonchev–Trinajstić information content (AvgIpc) is 1.64. The van der Waals surface area contributed by atoms with E-state index in [2.05, 4.69) is 0 Å². The number of nitriles is 1. The molecule has 0 heterocycles. The van der Waals surface area contributed by atoms with Gasteiger partial charge in [-0.1, -0.05) is 0 Å². The predicted octanol–water partition coefficient (Wildman–Crippen LogP) is 0.890. The third kappa shape index (κ3) is 2.70. The van der Waals surface area contributed by atoms with Gasteiger partial charge in [0, 0.05) is 20.8 Å². The average molecular weight is 126 g/mol. The van der Waals surface area contributed by atoms with E-state index in [9.17, 15) is 5.21 Å². The molecule has 0 N–H and O–H groups in total. The van der Waals surface area contributed by atoms with Crippen molar-refractivity contribution in [1.29, 1.82) is 5.26 Å². The van der Waals surface area contributed by atoms with Gasteiger partial charge in [0.2, 0.25) is 0 Å². The monoisotopic (exact) mass is 126 g/mol. The van der Waals surface area contributed by atoms with Crippen LogP contribution < -0.4 is 0 Å². The van der Waals surface area contributed by atoms with Gasteiger partial charge in [-0.25, -0.2) is 0 Å². The number of hydrogen-bond acceptors (Lipinski definition) is 2. The largest absolute Gasteiger partial charge is 0.623 e. The van der Waals surface area contributed by atoms with Crippen molar-refractivity contribution >= 4 is 6.21 Å². The zero-order chi connectivity index (χ0) is 7.49. The molecule has 3 heteroatoms. The van der Waals surface area contributed by atoms with Gasteiger partial charge in [-0.05, 0) is 0 Å². The van der Waals surface area contributed by atoms with Crippen LogP contribution >= 0.6 is 0 Å². The van der Waals surface area contributed by atoms with Gasteiger partial charge in [0.25, 0.3) is 6.21 Å². The van der Waals surface area contributed by atoms with Gasteiger partial charge >= 0.3 is 0 Å². The van der Waals surface area contributed by atoms with Crippen molar-refractivity contribution in [2.24, 2.45) is 0 Å². The summed E-state index contributed by atoms with van der Waals surface area (Å²) in [4.78, 5) is 0. The van der Waals surface area contributed by atoms with Gasteiger partial charge in [-0.3, -0.25) is 0 Å². The Morgan fingerprint density at radius 2 is 2.00 bits per heavy atom. The first-order chi connectivity index (χ1) is 3.98. The highest BCUT2D eigenvalue weighted by molar-refractivity contribution is 5.70. The Bertz CT molecular complexity index is 159. The van der Waals surface area contributed by atoms with Crippen LogP contribution in [0.25, 0.3) is 0 Å². The molecule has 0 radical (unpaired) electrons. The number of hydroxylamine groups is 1. The first-order valence-electron chi connectivity index (χ1n) is 2.68. The summed E-state index contributed by atoms with van der Waals surface area (Å²) in [7, 11) is 0. The van der Waals surface area contributed by atoms with Crippen LogP contribution in [-0.4, -0.2) is 16.5 Å². The first kappa shape index (κ1) is 7.96. The molecule has 0 bridgehead atoms. The maximum atomic E-state index is 10.7. The summed E-state index contributed by atoms with van der Waals surface area (Å²) in [6.07, 6.45) is 0.958. The molecular weight excluding hydrogens is 116 g/mol. The minimum absolute atomic E-state index is 0.490. The first-order valence-corrected chi connectivity index (χ1v) is 2.68. The normalized spacial score (nSPS) is 12.9.